The lowest BCUT2D eigenvalue weighted by Crippen LogP contribution is -2.08. The largest absolute Gasteiger partial charge is 0.490 e. The first kappa shape index (κ1) is 16.0. The molecule has 0 atom stereocenters. The van der Waals surface area contributed by atoms with Crippen molar-refractivity contribution in [2.24, 2.45) is 0 Å². The zero-order chi connectivity index (χ0) is 16.8. The Morgan fingerprint density at radius 1 is 0.958 bits per heavy atom. The molecule has 0 bridgehead atoms. The second-order valence-electron chi connectivity index (χ2n) is 5.11. The summed E-state index contributed by atoms with van der Waals surface area (Å²) in [7, 11) is 0. The molecule has 0 amide bonds. The summed E-state index contributed by atoms with van der Waals surface area (Å²) in [6.07, 6.45) is 0. The van der Waals surface area contributed by atoms with E-state index in [1.54, 1.807) is 35.6 Å². The Hall–Kier alpha value is -2.84. The molecule has 120 valence electrons. The van der Waals surface area contributed by atoms with Crippen molar-refractivity contribution in [2.45, 2.75) is 6.92 Å². The molecule has 1 heterocycles. The van der Waals surface area contributed by atoms with Gasteiger partial charge in [-0.05, 0) is 55.5 Å². The molecule has 0 aliphatic heterocycles. The predicted molar refractivity (Wildman–Crippen MR) is 94.4 cm³/mol. The van der Waals surface area contributed by atoms with Crippen LogP contribution in [-0.4, -0.2) is 18.2 Å². The molecule has 3 rings (SSSR count). The lowest BCUT2D eigenvalue weighted by molar-refractivity contribution is 0.217. The molecule has 0 saturated heterocycles. The highest BCUT2D eigenvalue weighted by molar-refractivity contribution is 7.09. The summed E-state index contributed by atoms with van der Waals surface area (Å²) in [6.45, 7) is 2.90. The molecular weight excluding hydrogens is 320 g/mol. The van der Waals surface area contributed by atoms with E-state index < -0.39 is 0 Å². The van der Waals surface area contributed by atoms with Crippen LogP contribution in [0.4, 0.5) is 0 Å². The highest BCUT2D eigenvalue weighted by atomic mass is 32.1. The van der Waals surface area contributed by atoms with Crippen molar-refractivity contribution < 1.29 is 9.47 Å². The average Bonchev–Trinajstić information content (AvgIpc) is 3.06. The first-order valence-corrected chi connectivity index (χ1v) is 8.41. The van der Waals surface area contributed by atoms with Gasteiger partial charge in [0.2, 0.25) is 0 Å². The lowest BCUT2D eigenvalue weighted by Gasteiger charge is -2.08. The average molecular weight is 336 g/mol. The van der Waals surface area contributed by atoms with Crippen LogP contribution in [0.3, 0.4) is 0 Å². The number of hydrogen-bond acceptors (Lipinski definition) is 5. The summed E-state index contributed by atoms with van der Waals surface area (Å²) in [5, 5.41) is 11.9. The topological polar surface area (TPSA) is 55.1 Å². The van der Waals surface area contributed by atoms with Gasteiger partial charge in [-0.1, -0.05) is 0 Å². The molecule has 3 aromatic rings. The van der Waals surface area contributed by atoms with Crippen LogP contribution >= 0.6 is 11.3 Å². The number of hydrogen-bond donors (Lipinski definition) is 0. The molecule has 24 heavy (non-hydrogen) atoms. The minimum absolute atomic E-state index is 0.443. The Balaban J connectivity index is 1.47. The predicted octanol–water partition coefficient (Wildman–Crippen LogP) is 4.45. The summed E-state index contributed by atoms with van der Waals surface area (Å²) in [5.74, 6) is 1.53. The molecule has 0 aliphatic carbocycles. The SMILES string of the molecule is Cc1nc(-c2ccc(OCCOc3ccc(C#N)cc3)cc2)cs1. The minimum atomic E-state index is 0.443. The van der Waals surface area contributed by atoms with Crippen molar-refractivity contribution >= 4 is 11.3 Å². The van der Waals surface area contributed by atoms with Crippen LogP contribution in [0.25, 0.3) is 11.3 Å². The molecule has 0 radical (unpaired) electrons. The number of benzene rings is 2. The molecular formula is C19H16N2O2S. The van der Waals surface area contributed by atoms with E-state index >= 15 is 0 Å². The summed E-state index contributed by atoms with van der Waals surface area (Å²) >= 11 is 1.64. The Labute approximate surface area is 144 Å². The fourth-order valence-electron chi connectivity index (χ4n) is 2.16. The van der Waals surface area contributed by atoms with E-state index in [-0.39, 0.29) is 0 Å². The van der Waals surface area contributed by atoms with Crippen molar-refractivity contribution in [1.82, 2.24) is 4.98 Å². The number of thiazole rings is 1. The maximum Gasteiger partial charge on any atom is 0.122 e. The van der Waals surface area contributed by atoms with E-state index in [0.29, 0.717) is 18.8 Å². The number of aromatic nitrogens is 1. The Bertz CT molecular complexity index is 833. The van der Waals surface area contributed by atoms with Crippen molar-refractivity contribution in [1.29, 1.82) is 5.26 Å². The lowest BCUT2D eigenvalue weighted by atomic mass is 10.2. The van der Waals surface area contributed by atoms with Crippen LogP contribution in [0.1, 0.15) is 10.6 Å². The standard InChI is InChI=1S/C19H16N2O2S/c1-14-21-19(13-24-14)16-4-8-18(9-5-16)23-11-10-22-17-6-2-15(12-20)3-7-17/h2-9,13H,10-11H2,1H3. The van der Waals surface area contributed by atoms with Crippen LogP contribution in [0, 0.1) is 18.3 Å². The van der Waals surface area contributed by atoms with Gasteiger partial charge in [0.05, 0.1) is 22.3 Å². The van der Waals surface area contributed by atoms with Gasteiger partial charge in [-0.15, -0.1) is 11.3 Å². The number of nitrogens with zero attached hydrogens (tertiary/aromatic N) is 2. The Kier molecular flexibility index (Phi) is 5.09. The fraction of sp³-hybridized carbons (Fsp3) is 0.158. The van der Waals surface area contributed by atoms with Gasteiger partial charge in [0.25, 0.3) is 0 Å². The molecule has 0 unspecified atom stereocenters. The van der Waals surface area contributed by atoms with E-state index in [1.807, 2.05) is 31.2 Å². The number of nitriles is 1. The van der Waals surface area contributed by atoms with Crippen molar-refractivity contribution in [2.75, 3.05) is 13.2 Å². The van der Waals surface area contributed by atoms with Gasteiger partial charge < -0.3 is 9.47 Å². The quantitative estimate of drug-likeness (QED) is 0.624. The first-order chi connectivity index (χ1) is 11.7. The third-order valence-corrected chi connectivity index (χ3v) is 4.15. The van der Waals surface area contributed by atoms with E-state index in [0.717, 1.165) is 27.8 Å². The van der Waals surface area contributed by atoms with Gasteiger partial charge in [0, 0.05) is 10.9 Å². The molecule has 0 aliphatic rings. The van der Waals surface area contributed by atoms with E-state index in [2.05, 4.69) is 16.4 Å². The number of ether oxygens (including phenoxy) is 2. The third-order valence-electron chi connectivity index (χ3n) is 3.37. The smallest absolute Gasteiger partial charge is 0.122 e. The van der Waals surface area contributed by atoms with E-state index in [4.69, 9.17) is 14.7 Å². The van der Waals surface area contributed by atoms with Gasteiger partial charge >= 0.3 is 0 Å². The molecule has 0 spiro atoms. The van der Waals surface area contributed by atoms with Crippen LogP contribution in [-0.2, 0) is 0 Å². The summed E-state index contributed by atoms with van der Waals surface area (Å²) in [4.78, 5) is 4.47. The van der Waals surface area contributed by atoms with Crippen molar-refractivity contribution in [3.63, 3.8) is 0 Å². The fourth-order valence-corrected chi connectivity index (χ4v) is 2.78. The second kappa shape index (κ2) is 7.62. The summed E-state index contributed by atoms with van der Waals surface area (Å²) in [5.41, 5.74) is 2.70. The Morgan fingerprint density at radius 3 is 2.04 bits per heavy atom. The summed E-state index contributed by atoms with van der Waals surface area (Å²) in [6, 6.07) is 17.0. The molecule has 1 aromatic heterocycles. The highest BCUT2D eigenvalue weighted by Gasteiger charge is 2.02. The van der Waals surface area contributed by atoms with Gasteiger partial charge in [-0.3, -0.25) is 0 Å². The van der Waals surface area contributed by atoms with E-state index in [1.165, 1.54) is 0 Å². The van der Waals surface area contributed by atoms with Crippen LogP contribution in [0.2, 0.25) is 0 Å². The van der Waals surface area contributed by atoms with E-state index in [9.17, 15) is 0 Å². The molecule has 4 nitrogen and oxygen atoms in total. The van der Waals surface area contributed by atoms with Crippen molar-refractivity contribution in [3.8, 4) is 28.8 Å². The molecule has 2 aromatic carbocycles. The minimum Gasteiger partial charge on any atom is -0.490 e. The maximum absolute atomic E-state index is 8.75. The third kappa shape index (κ3) is 4.12. The molecule has 0 fully saturated rings. The monoisotopic (exact) mass is 336 g/mol. The van der Waals surface area contributed by atoms with Crippen LogP contribution < -0.4 is 9.47 Å². The van der Waals surface area contributed by atoms with Crippen LogP contribution in [0.5, 0.6) is 11.5 Å². The van der Waals surface area contributed by atoms with Gasteiger partial charge in [0.15, 0.2) is 0 Å². The van der Waals surface area contributed by atoms with Gasteiger partial charge in [-0.2, -0.15) is 5.26 Å². The summed E-state index contributed by atoms with van der Waals surface area (Å²) < 4.78 is 11.3. The maximum atomic E-state index is 8.75. The first-order valence-electron chi connectivity index (χ1n) is 7.53. The normalized spacial score (nSPS) is 10.2. The van der Waals surface area contributed by atoms with Crippen LogP contribution in [0.15, 0.2) is 53.9 Å². The second-order valence-corrected chi connectivity index (χ2v) is 6.17. The molecule has 0 saturated carbocycles. The number of rotatable bonds is 6. The van der Waals surface area contributed by atoms with Crippen molar-refractivity contribution in [3.05, 3.63) is 64.5 Å². The Morgan fingerprint density at radius 2 is 1.54 bits per heavy atom. The molecule has 5 heteroatoms. The molecule has 0 N–H and O–H groups in total. The zero-order valence-electron chi connectivity index (χ0n) is 13.2. The number of aryl methyl sites for hydroxylation is 1. The van der Waals surface area contributed by atoms with Gasteiger partial charge in [0.1, 0.15) is 24.7 Å². The zero-order valence-corrected chi connectivity index (χ0v) is 14.0. The highest BCUT2D eigenvalue weighted by Crippen LogP contribution is 2.23. The van der Waals surface area contributed by atoms with Gasteiger partial charge in [-0.25, -0.2) is 4.98 Å².